The second-order valence-corrected chi connectivity index (χ2v) is 10.2. The van der Waals surface area contributed by atoms with Gasteiger partial charge in [0.25, 0.3) is 0 Å². The van der Waals surface area contributed by atoms with E-state index in [4.69, 9.17) is 0 Å². The van der Waals surface area contributed by atoms with Gasteiger partial charge in [0.1, 0.15) is 4.88 Å². The van der Waals surface area contributed by atoms with Crippen LogP contribution < -0.4 is 5.32 Å². The average molecular weight is 463 g/mol. The molecular formula is C26H26N2O4S. The Hall–Kier alpha value is -3.32. The maximum Gasteiger partial charge on any atom is 0.309 e. The van der Waals surface area contributed by atoms with E-state index in [1.54, 1.807) is 31.2 Å². The molecular weight excluding hydrogens is 436 g/mol. The normalized spacial score (nSPS) is 21.5. The van der Waals surface area contributed by atoms with Crippen molar-refractivity contribution >= 4 is 34.1 Å². The summed E-state index contributed by atoms with van der Waals surface area (Å²) in [5, 5.41) is 13.0. The van der Waals surface area contributed by atoms with E-state index in [-0.39, 0.29) is 11.7 Å². The maximum atomic E-state index is 13.3. The summed E-state index contributed by atoms with van der Waals surface area (Å²) in [6, 6.07) is 18.4. The van der Waals surface area contributed by atoms with E-state index in [1.165, 1.54) is 0 Å². The summed E-state index contributed by atoms with van der Waals surface area (Å²) in [4.78, 5) is 43.4. The number of aliphatic carboxylic acids is 1. The topological polar surface area (TPSA) is 96.4 Å². The SMILES string of the molecule is CC1(C)[C@H](C(=O)Nc2nc(-c3ccccc3)c(C(=O)c3ccccc3)s2)CC[C@@]1(C)C(=O)O. The number of nitrogens with one attached hydrogen (secondary N) is 1. The van der Waals surface area contributed by atoms with Gasteiger partial charge in [-0.25, -0.2) is 4.98 Å². The number of thiazole rings is 1. The third kappa shape index (κ3) is 3.97. The summed E-state index contributed by atoms with van der Waals surface area (Å²) in [5.74, 6) is -1.79. The molecule has 3 aromatic rings. The van der Waals surface area contributed by atoms with Crippen molar-refractivity contribution in [1.82, 2.24) is 4.98 Å². The van der Waals surface area contributed by atoms with Gasteiger partial charge in [0.05, 0.1) is 11.1 Å². The van der Waals surface area contributed by atoms with Crippen LogP contribution in [0.1, 0.15) is 48.8 Å². The van der Waals surface area contributed by atoms with Crippen molar-refractivity contribution in [1.29, 1.82) is 0 Å². The van der Waals surface area contributed by atoms with Crippen molar-refractivity contribution in [2.75, 3.05) is 5.32 Å². The third-order valence-electron chi connectivity index (χ3n) is 7.16. The number of carboxylic acid groups (broad SMARTS) is 1. The molecule has 0 aliphatic heterocycles. The van der Waals surface area contributed by atoms with Crippen molar-refractivity contribution in [3.63, 3.8) is 0 Å². The van der Waals surface area contributed by atoms with E-state index >= 15 is 0 Å². The Labute approximate surface area is 196 Å². The number of hydrogen-bond acceptors (Lipinski definition) is 5. The first kappa shape index (κ1) is 22.9. The van der Waals surface area contributed by atoms with E-state index < -0.39 is 22.7 Å². The number of rotatable bonds is 6. The van der Waals surface area contributed by atoms with Crippen LogP contribution in [0.25, 0.3) is 11.3 Å². The van der Waals surface area contributed by atoms with E-state index in [0.717, 1.165) is 16.9 Å². The zero-order valence-electron chi connectivity index (χ0n) is 18.8. The Balaban J connectivity index is 1.67. The molecule has 1 amide bonds. The van der Waals surface area contributed by atoms with Crippen molar-refractivity contribution in [3.8, 4) is 11.3 Å². The van der Waals surface area contributed by atoms with Crippen molar-refractivity contribution in [2.24, 2.45) is 16.7 Å². The quantitative estimate of drug-likeness (QED) is 0.471. The number of hydrogen-bond donors (Lipinski definition) is 2. The van der Waals surface area contributed by atoms with Crippen LogP contribution in [0.4, 0.5) is 5.13 Å². The predicted octanol–water partition coefficient (Wildman–Crippen LogP) is 5.51. The molecule has 170 valence electrons. The fourth-order valence-corrected chi connectivity index (χ4v) is 5.53. The number of anilines is 1. The second kappa shape index (κ2) is 8.56. The van der Waals surface area contributed by atoms with E-state index in [1.807, 2.05) is 50.2 Å². The molecule has 2 N–H and O–H groups in total. The highest BCUT2D eigenvalue weighted by atomic mass is 32.1. The first-order valence-corrected chi connectivity index (χ1v) is 11.7. The van der Waals surface area contributed by atoms with E-state index in [9.17, 15) is 19.5 Å². The highest BCUT2D eigenvalue weighted by molar-refractivity contribution is 7.18. The number of amides is 1. The van der Waals surface area contributed by atoms with Gasteiger partial charge in [0, 0.05) is 17.0 Å². The first-order chi connectivity index (χ1) is 15.6. The zero-order valence-corrected chi connectivity index (χ0v) is 19.6. The predicted molar refractivity (Wildman–Crippen MR) is 128 cm³/mol. The molecule has 1 fully saturated rings. The molecule has 0 saturated heterocycles. The largest absolute Gasteiger partial charge is 0.481 e. The van der Waals surface area contributed by atoms with Crippen molar-refractivity contribution in [3.05, 3.63) is 71.1 Å². The lowest BCUT2D eigenvalue weighted by molar-refractivity contribution is -0.154. The maximum absolute atomic E-state index is 13.3. The molecule has 0 bridgehead atoms. The Bertz CT molecular complexity index is 1200. The molecule has 7 heteroatoms. The summed E-state index contributed by atoms with van der Waals surface area (Å²) in [5.41, 5.74) is 0.136. The van der Waals surface area contributed by atoms with Crippen molar-refractivity contribution < 1.29 is 19.5 Å². The fourth-order valence-electron chi connectivity index (χ4n) is 4.57. The molecule has 1 aliphatic carbocycles. The molecule has 0 unspecified atom stereocenters. The Morgan fingerprint density at radius 3 is 2.18 bits per heavy atom. The van der Waals surface area contributed by atoms with Gasteiger partial charge in [-0.2, -0.15) is 0 Å². The Kier molecular flexibility index (Phi) is 5.93. The van der Waals surface area contributed by atoms with E-state index in [0.29, 0.717) is 34.1 Å². The van der Waals surface area contributed by atoms with Gasteiger partial charge < -0.3 is 10.4 Å². The molecule has 1 aliphatic rings. The Morgan fingerprint density at radius 1 is 1.00 bits per heavy atom. The van der Waals surface area contributed by atoms with Crippen LogP contribution in [0.3, 0.4) is 0 Å². The van der Waals surface area contributed by atoms with Gasteiger partial charge in [0.2, 0.25) is 11.7 Å². The summed E-state index contributed by atoms with van der Waals surface area (Å²) in [6.45, 7) is 5.37. The summed E-state index contributed by atoms with van der Waals surface area (Å²) >= 11 is 1.14. The standard InChI is InChI=1S/C26H26N2O4S/c1-25(2)18(14-15-26(25,3)23(31)32)22(30)28-24-27-19(16-10-6-4-7-11-16)21(33-24)20(29)17-12-8-5-9-13-17/h4-13,18H,14-15H2,1-3H3,(H,31,32)(H,27,28,30)/t18-,26-/m0/s1. The minimum Gasteiger partial charge on any atom is -0.481 e. The Morgan fingerprint density at radius 2 is 1.61 bits per heavy atom. The summed E-state index contributed by atoms with van der Waals surface area (Å²) < 4.78 is 0. The minimum absolute atomic E-state index is 0.160. The molecule has 1 heterocycles. The molecule has 4 rings (SSSR count). The summed E-state index contributed by atoms with van der Waals surface area (Å²) in [6.07, 6.45) is 0.909. The number of carboxylic acids is 1. The highest BCUT2D eigenvalue weighted by Crippen LogP contribution is 2.56. The fraction of sp³-hybridized carbons (Fsp3) is 0.308. The van der Waals surface area contributed by atoms with Crippen LogP contribution in [0.5, 0.6) is 0 Å². The van der Waals surface area contributed by atoms with Crippen LogP contribution in [-0.2, 0) is 9.59 Å². The second-order valence-electron chi connectivity index (χ2n) is 9.20. The molecule has 0 spiro atoms. The van der Waals surface area contributed by atoms with Gasteiger partial charge in [-0.15, -0.1) is 0 Å². The van der Waals surface area contributed by atoms with Crippen LogP contribution >= 0.6 is 11.3 Å². The van der Waals surface area contributed by atoms with Crippen LogP contribution in [0, 0.1) is 16.7 Å². The lowest BCUT2D eigenvalue weighted by Crippen LogP contribution is -2.43. The van der Waals surface area contributed by atoms with Gasteiger partial charge >= 0.3 is 5.97 Å². The number of aromatic nitrogens is 1. The molecule has 6 nitrogen and oxygen atoms in total. The number of nitrogens with zero attached hydrogens (tertiary/aromatic N) is 1. The van der Waals surface area contributed by atoms with Gasteiger partial charge in [-0.05, 0) is 25.2 Å². The molecule has 0 radical (unpaired) electrons. The van der Waals surface area contributed by atoms with Crippen LogP contribution in [0.15, 0.2) is 60.7 Å². The highest BCUT2D eigenvalue weighted by Gasteiger charge is 2.58. The minimum atomic E-state index is -0.985. The van der Waals surface area contributed by atoms with Crippen molar-refractivity contribution in [2.45, 2.75) is 33.6 Å². The van der Waals surface area contributed by atoms with E-state index in [2.05, 4.69) is 10.3 Å². The number of carbonyl (C=O) groups excluding carboxylic acids is 2. The number of carbonyl (C=O) groups is 3. The lowest BCUT2D eigenvalue weighted by Gasteiger charge is -2.37. The molecule has 2 aromatic carbocycles. The lowest BCUT2D eigenvalue weighted by atomic mass is 9.65. The van der Waals surface area contributed by atoms with Crippen LogP contribution in [-0.4, -0.2) is 27.8 Å². The zero-order chi connectivity index (χ0) is 23.8. The van der Waals surface area contributed by atoms with Gasteiger partial charge in [-0.3, -0.25) is 14.4 Å². The third-order valence-corrected chi connectivity index (χ3v) is 8.13. The van der Waals surface area contributed by atoms with Crippen LogP contribution in [0.2, 0.25) is 0 Å². The molecule has 33 heavy (non-hydrogen) atoms. The van der Waals surface area contributed by atoms with Gasteiger partial charge in [-0.1, -0.05) is 85.8 Å². The molecule has 1 saturated carbocycles. The number of benzene rings is 2. The van der Waals surface area contributed by atoms with Gasteiger partial charge in [0.15, 0.2) is 5.13 Å². The molecule has 2 atom stereocenters. The first-order valence-electron chi connectivity index (χ1n) is 10.9. The number of ketones is 1. The monoisotopic (exact) mass is 462 g/mol. The smallest absolute Gasteiger partial charge is 0.309 e. The summed E-state index contributed by atoms with van der Waals surface area (Å²) in [7, 11) is 0. The average Bonchev–Trinajstić information content (AvgIpc) is 3.33. The molecule has 1 aromatic heterocycles.